The highest BCUT2D eigenvalue weighted by Gasteiger charge is 2.44. The van der Waals surface area contributed by atoms with Crippen LogP contribution >= 0.6 is 0 Å². The molecule has 4 radical (unpaired) electrons. The van der Waals surface area contributed by atoms with Gasteiger partial charge >= 0.3 is 23.9 Å². The van der Waals surface area contributed by atoms with Crippen molar-refractivity contribution in [3.63, 3.8) is 0 Å². The molecule has 0 saturated heterocycles. The minimum Gasteiger partial charge on any atom is -1.00 e. The van der Waals surface area contributed by atoms with Gasteiger partial charge in [0.15, 0.2) is 0 Å². The predicted molar refractivity (Wildman–Crippen MR) is 145 cm³/mol. The van der Waals surface area contributed by atoms with Crippen LogP contribution in [-0.4, -0.2) is 63.0 Å². The highest BCUT2D eigenvalue weighted by Crippen LogP contribution is 2.27. The number of unbranched alkanes of at least 4 members (excludes halogenated alkanes) is 3. The van der Waals surface area contributed by atoms with Crippen molar-refractivity contribution in [1.29, 1.82) is 0 Å². The van der Waals surface area contributed by atoms with Crippen LogP contribution in [0.1, 0.15) is 131 Å². The topological polar surface area (TPSA) is 78.9 Å². The van der Waals surface area contributed by atoms with Crippen molar-refractivity contribution >= 4 is 26.3 Å². The third kappa shape index (κ3) is 15.5. The van der Waals surface area contributed by atoms with E-state index in [1.165, 1.54) is 0 Å². The van der Waals surface area contributed by atoms with E-state index in [-0.39, 0.29) is 34.1 Å². The lowest BCUT2D eigenvalue weighted by molar-refractivity contribution is -0.929. The summed E-state index contributed by atoms with van der Waals surface area (Å²) in [6, 6.07) is 0. The van der Waals surface area contributed by atoms with Gasteiger partial charge < -0.3 is 27.1 Å². The minimum atomic E-state index is -1.99. The molecule has 210 valence electrons. The molecule has 8 heteroatoms. The van der Waals surface area contributed by atoms with Crippen LogP contribution in [0.25, 0.3) is 0 Å². The van der Waals surface area contributed by atoms with Crippen LogP contribution in [0.5, 0.6) is 0 Å². The van der Waals surface area contributed by atoms with E-state index in [1.54, 1.807) is 0 Å². The van der Waals surface area contributed by atoms with Crippen LogP contribution in [0.3, 0.4) is 0 Å². The normalized spacial score (nSPS) is 11.5. The molecule has 0 rings (SSSR count). The van der Waals surface area contributed by atoms with Gasteiger partial charge in [0.05, 0.1) is 32.6 Å². The van der Waals surface area contributed by atoms with E-state index < -0.39 is 23.9 Å². The minimum absolute atomic E-state index is 0. The summed E-state index contributed by atoms with van der Waals surface area (Å²) in [4.78, 5) is 37.5. The largest absolute Gasteiger partial charge is 1.00 e. The van der Waals surface area contributed by atoms with E-state index in [2.05, 4.69) is 20.8 Å². The van der Waals surface area contributed by atoms with Crippen molar-refractivity contribution in [3.05, 3.63) is 0 Å². The molecule has 0 atom stereocenters. The van der Waals surface area contributed by atoms with Crippen molar-refractivity contribution in [2.24, 2.45) is 0 Å². The van der Waals surface area contributed by atoms with Gasteiger partial charge in [-0.1, -0.05) is 60.8 Å². The van der Waals surface area contributed by atoms with Gasteiger partial charge in [0, 0.05) is 25.7 Å². The molecule has 36 heavy (non-hydrogen) atoms. The first kappa shape index (κ1) is 36.6. The summed E-state index contributed by atoms with van der Waals surface area (Å²) < 4.78 is 17.9. The molecule has 0 spiro atoms. The van der Waals surface area contributed by atoms with E-state index in [0.717, 1.165) is 69.2 Å². The van der Waals surface area contributed by atoms with Gasteiger partial charge in [0.25, 0.3) is 0 Å². The van der Waals surface area contributed by atoms with Gasteiger partial charge in [-0.2, -0.15) is 0 Å². The maximum atomic E-state index is 12.5. The van der Waals surface area contributed by atoms with Crippen molar-refractivity contribution in [3.8, 4) is 0 Å². The first-order chi connectivity index (χ1) is 16.8. The van der Waals surface area contributed by atoms with Gasteiger partial charge in [0.2, 0.25) is 0 Å². The molecule has 0 saturated carbocycles. The lowest BCUT2D eigenvalue weighted by Gasteiger charge is -2.40. The molecular formula is C28H54BNO6. The van der Waals surface area contributed by atoms with Crippen LogP contribution < -0.4 is 0 Å². The van der Waals surface area contributed by atoms with Crippen molar-refractivity contribution < 1.29 is 33.1 Å². The molecule has 0 N–H and O–H groups in total. The summed E-state index contributed by atoms with van der Waals surface area (Å²) in [6.07, 6.45) is 9.92. The van der Waals surface area contributed by atoms with Crippen molar-refractivity contribution in [2.75, 3.05) is 26.2 Å². The molecule has 7 nitrogen and oxygen atoms in total. The molecule has 0 amide bonds. The molecule has 0 aromatic carbocycles. The number of esters is 3. The number of quaternary nitrogens is 1. The second-order valence-corrected chi connectivity index (χ2v) is 9.76. The summed E-state index contributed by atoms with van der Waals surface area (Å²) in [5.41, 5.74) is 0. The number of hydrogen-bond donors (Lipinski definition) is 0. The van der Waals surface area contributed by atoms with E-state index in [0.29, 0.717) is 25.7 Å². The maximum Gasteiger partial charge on any atom is 0.423 e. The third-order valence-corrected chi connectivity index (χ3v) is 6.24. The Hall–Kier alpha value is -1.57. The lowest BCUT2D eigenvalue weighted by atomic mass is 10.1. The molecule has 0 heterocycles. The second-order valence-electron chi connectivity index (χ2n) is 9.76. The highest BCUT2D eigenvalue weighted by atomic mass is 16.9. The first-order valence-corrected chi connectivity index (χ1v) is 14.3. The predicted octanol–water partition coefficient (Wildman–Crippen LogP) is 6.29. The van der Waals surface area contributed by atoms with Gasteiger partial charge in [-0.3, -0.25) is 14.4 Å². The molecule has 0 aromatic heterocycles. The molecule has 0 unspecified atom stereocenters. The van der Waals surface area contributed by atoms with Crippen LogP contribution in [0.4, 0.5) is 0 Å². The Kier molecular flexibility index (Phi) is 21.9. The second kappa shape index (κ2) is 21.5. The van der Waals surface area contributed by atoms with E-state index >= 15 is 0 Å². The number of carbonyl (C=O) groups excluding carboxylic acids is 3. The summed E-state index contributed by atoms with van der Waals surface area (Å²) in [5, 5.41) is 0. The van der Waals surface area contributed by atoms with Crippen molar-refractivity contribution in [1.82, 2.24) is 0 Å². The van der Waals surface area contributed by atoms with Crippen molar-refractivity contribution in [2.45, 2.75) is 137 Å². The molecule has 0 aliphatic rings. The smallest absolute Gasteiger partial charge is 0.423 e. The molecule has 0 aromatic rings. The average Bonchev–Trinajstić information content (AvgIpc) is 2.80. The fourth-order valence-corrected chi connectivity index (χ4v) is 4.28. The molecule has 0 fully saturated rings. The van der Waals surface area contributed by atoms with Gasteiger partial charge in [0.1, 0.15) is 0 Å². The molecular weight excluding hydrogens is 457 g/mol. The number of nitrogens with zero attached hydrogens (tertiary/aromatic N) is 1. The number of hydrogen-bond acceptors (Lipinski definition) is 6. The zero-order valence-corrected chi connectivity index (χ0v) is 24.2. The summed E-state index contributed by atoms with van der Waals surface area (Å²) in [5.74, 6) is -3.56. The van der Waals surface area contributed by atoms with Crippen LogP contribution in [0, 0.1) is 0 Å². The Bertz CT molecular complexity index is 527. The van der Waals surface area contributed by atoms with Gasteiger partial charge in [-0.15, -0.1) is 0 Å². The van der Waals surface area contributed by atoms with Gasteiger partial charge in [-0.25, -0.2) is 0 Å². The fraction of sp³-hybridized carbons (Fsp3) is 0.893. The van der Waals surface area contributed by atoms with E-state index in [4.69, 9.17) is 14.2 Å². The Morgan fingerprint density at radius 1 is 0.528 bits per heavy atom. The molecule has 0 aliphatic heterocycles. The number of ether oxygens (including phenoxy) is 3. The zero-order valence-electron chi connectivity index (χ0n) is 24.2. The summed E-state index contributed by atoms with van der Waals surface area (Å²) in [7, 11) is 0. The van der Waals surface area contributed by atoms with Gasteiger partial charge in [-0.05, 0) is 38.5 Å². The van der Waals surface area contributed by atoms with Crippen LogP contribution in [-0.2, 0) is 28.6 Å². The number of carbonyl (C=O) groups is 3. The molecule has 0 aliphatic carbocycles. The SMILES string of the molecule is CCCC[N+](CCCC)(CCCC)CCCC(OC(=O)CCC)(OC(=O)CCC)OC(=O)CCC.[B-]. The van der Waals surface area contributed by atoms with Crippen LogP contribution in [0.15, 0.2) is 0 Å². The fourth-order valence-electron chi connectivity index (χ4n) is 4.28. The Balaban J connectivity index is 0. The zero-order chi connectivity index (χ0) is 26.6. The van der Waals surface area contributed by atoms with E-state index in [9.17, 15) is 14.4 Å². The van der Waals surface area contributed by atoms with Crippen LogP contribution in [0.2, 0.25) is 0 Å². The molecule has 0 bridgehead atoms. The Morgan fingerprint density at radius 3 is 1.11 bits per heavy atom. The summed E-state index contributed by atoms with van der Waals surface area (Å²) in [6.45, 7) is 16.4. The Labute approximate surface area is 223 Å². The monoisotopic (exact) mass is 511 g/mol. The van der Waals surface area contributed by atoms with E-state index in [1.807, 2.05) is 20.8 Å². The quantitative estimate of drug-likeness (QED) is 0.0736. The standard InChI is InChI=1S/C28H54NO6.B/c1-7-13-21-29(22-14-8-2,23-15-9-3)24-16-20-28(33-25(30)17-10-4,34-26(31)18-11-5)35-27(32)19-12-6;/h7-24H2,1-6H3;/q+1;-1. The Morgan fingerprint density at radius 2 is 0.833 bits per heavy atom. The average molecular weight is 512 g/mol. The summed E-state index contributed by atoms with van der Waals surface area (Å²) >= 11 is 0. The third-order valence-electron chi connectivity index (χ3n) is 6.24. The number of rotatable bonds is 22. The first-order valence-electron chi connectivity index (χ1n) is 14.3. The lowest BCUT2D eigenvalue weighted by Crippen LogP contribution is -2.52. The highest BCUT2D eigenvalue weighted by molar-refractivity contribution is 5.75. The maximum absolute atomic E-state index is 12.5.